The maximum Gasteiger partial charge on any atom is 0.308 e. The van der Waals surface area contributed by atoms with Crippen molar-refractivity contribution in [3.8, 4) is 0 Å². The summed E-state index contributed by atoms with van der Waals surface area (Å²) in [6.45, 7) is 3.82. The SMILES string of the molecule is Cc1cc(C)nc(NC2CCCCC2C(=O)O)n1. The number of nitrogens with zero attached hydrogens (tertiary/aromatic N) is 2. The summed E-state index contributed by atoms with van der Waals surface area (Å²) < 4.78 is 0. The van der Waals surface area contributed by atoms with Crippen LogP contribution in [0.5, 0.6) is 0 Å². The van der Waals surface area contributed by atoms with E-state index in [1.165, 1.54) is 0 Å². The van der Waals surface area contributed by atoms with Crippen molar-refractivity contribution in [2.45, 2.75) is 45.6 Å². The van der Waals surface area contributed by atoms with Gasteiger partial charge in [0.05, 0.1) is 5.92 Å². The average molecular weight is 249 g/mol. The van der Waals surface area contributed by atoms with Gasteiger partial charge in [0.1, 0.15) is 0 Å². The molecule has 2 rings (SSSR count). The molecule has 1 aromatic heterocycles. The van der Waals surface area contributed by atoms with Crippen molar-refractivity contribution in [1.29, 1.82) is 0 Å². The van der Waals surface area contributed by atoms with Gasteiger partial charge in [0.2, 0.25) is 5.95 Å². The number of nitrogens with one attached hydrogen (secondary N) is 1. The van der Waals surface area contributed by atoms with Crippen LogP contribution in [0.4, 0.5) is 5.95 Å². The molecule has 1 heterocycles. The van der Waals surface area contributed by atoms with E-state index >= 15 is 0 Å². The van der Waals surface area contributed by atoms with Crippen molar-refractivity contribution in [1.82, 2.24) is 9.97 Å². The molecule has 18 heavy (non-hydrogen) atoms. The largest absolute Gasteiger partial charge is 0.481 e. The highest BCUT2D eigenvalue weighted by atomic mass is 16.4. The summed E-state index contributed by atoms with van der Waals surface area (Å²) in [4.78, 5) is 19.8. The topological polar surface area (TPSA) is 75.1 Å². The van der Waals surface area contributed by atoms with Gasteiger partial charge in [-0.15, -0.1) is 0 Å². The molecule has 98 valence electrons. The summed E-state index contributed by atoms with van der Waals surface area (Å²) in [5, 5.41) is 12.4. The molecule has 0 aliphatic heterocycles. The van der Waals surface area contributed by atoms with E-state index in [4.69, 9.17) is 0 Å². The van der Waals surface area contributed by atoms with Crippen molar-refractivity contribution in [2.24, 2.45) is 5.92 Å². The molecular weight excluding hydrogens is 230 g/mol. The number of aliphatic carboxylic acids is 1. The van der Waals surface area contributed by atoms with Gasteiger partial charge in [-0.2, -0.15) is 0 Å². The first-order valence-electron chi connectivity index (χ1n) is 6.38. The van der Waals surface area contributed by atoms with Gasteiger partial charge in [0, 0.05) is 17.4 Å². The number of carbonyl (C=O) groups is 1. The van der Waals surface area contributed by atoms with Crippen molar-refractivity contribution >= 4 is 11.9 Å². The number of aryl methyl sites for hydroxylation is 2. The fraction of sp³-hybridized carbons (Fsp3) is 0.615. The number of anilines is 1. The highest BCUT2D eigenvalue weighted by Gasteiger charge is 2.31. The predicted molar refractivity (Wildman–Crippen MR) is 68.5 cm³/mol. The third-order valence-electron chi connectivity index (χ3n) is 3.38. The van der Waals surface area contributed by atoms with Crippen LogP contribution < -0.4 is 5.32 Å². The zero-order valence-electron chi connectivity index (χ0n) is 10.8. The number of hydrogen-bond acceptors (Lipinski definition) is 4. The first-order chi connectivity index (χ1) is 8.56. The van der Waals surface area contributed by atoms with Crippen LogP contribution in [0.15, 0.2) is 6.07 Å². The summed E-state index contributed by atoms with van der Waals surface area (Å²) >= 11 is 0. The van der Waals surface area contributed by atoms with E-state index in [9.17, 15) is 9.90 Å². The molecule has 0 amide bonds. The average Bonchev–Trinajstić information content (AvgIpc) is 2.27. The van der Waals surface area contributed by atoms with E-state index < -0.39 is 5.97 Å². The lowest BCUT2D eigenvalue weighted by Gasteiger charge is -2.29. The van der Waals surface area contributed by atoms with Gasteiger partial charge in [-0.05, 0) is 32.8 Å². The van der Waals surface area contributed by atoms with Gasteiger partial charge in [-0.3, -0.25) is 4.79 Å². The molecule has 0 bridgehead atoms. The molecular formula is C13H19N3O2. The van der Waals surface area contributed by atoms with E-state index in [2.05, 4.69) is 15.3 Å². The van der Waals surface area contributed by atoms with Crippen LogP contribution in [0.25, 0.3) is 0 Å². The Bertz CT molecular complexity index is 428. The maximum atomic E-state index is 11.2. The Labute approximate surface area is 107 Å². The molecule has 5 nitrogen and oxygen atoms in total. The lowest BCUT2D eigenvalue weighted by atomic mass is 9.84. The molecule has 0 aromatic carbocycles. The molecule has 0 saturated heterocycles. The fourth-order valence-corrected chi connectivity index (χ4v) is 2.56. The first kappa shape index (κ1) is 12.8. The molecule has 2 unspecified atom stereocenters. The Hall–Kier alpha value is -1.65. The third kappa shape index (κ3) is 2.97. The van der Waals surface area contributed by atoms with Crippen LogP contribution in [-0.4, -0.2) is 27.1 Å². The smallest absolute Gasteiger partial charge is 0.308 e. The minimum Gasteiger partial charge on any atom is -0.481 e. The molecule has 5 heteroatoms. The van der Waals surface area contributed by atoms with Gasteiger partial charge in [0.25, 0.3) is 0 Å². The van der Waals surface area contributed by atoms with E-state index in [1.54, 1.807) is 0 Å². The summed E-state index contributed by atoms with van der Waals surface area (Å²) in [5.41, 5.74) is 1.79. The summed E-state index contributed by atoms with van der Waals surface area (Å²) in [6.07, 6.45) is 3.65. The van der Waals surface area contributed by atoms with Crippen molar-refractivity contribution in [2.75, 3.05) is 5.32 Å². The molecule has 1 aliphatic rings. The minimum absolute atomic E-state index is 0.0579. The summed E-state index contributed by atoms with van der Waals surface area (Å²) in [5.74, 6) is -0.509. The number of rotatable bonds is 3. The quantitative estimate of drug-likeness (QED) is 0.858. The van der Waals surface area contributed by atoms with E-state index in [0.717, 1.165) is 37.1 Å². The molecule has 1 saturated carbocycles. The Morgan fingerprint density at radius 2 is 1.89 bits per heavy atom. The summed E-state index contributed by atoms with van der Waals surface area (Å²) in [7, 11) is 0. The standard InChI is InChI=1S/C13H19N3O2/c1-8-7-9(2)15-13(14-8)16-11-6-4-3-5-10(11)12(17)18/h7,10-11H,3-6H2,1-2H3,(H,17,18)(H,14,15,16). The Kier molecular flexibility index (Phi) is 3.79. The first-order valence-corrected chi connectivity index (χ1v) is 6.38. The Balaban J connectivity index is 2.13. The monoisotopic (exact) mass is 249 g/mol. The molecule has 2 N–H and O–H groups in total. The van der Waals surface area contributed by atoms with Gasteiger partial charge in [-0.1, -0.05) is 12.8 Å². The van der Waals surface area contributed by atoms with Crippen LogP contribution >= 0.6 is 0 Å². The van der Waals surface area contributed by atoms with Crippen LogP contribution in [0.3, 0.4) is 0 Å². The maximum absolute atomic E-state index is 11.2. The number of aromatic nitrogens is 2. The van der Waals surface area contributed by atoms with Crippen molar-refractivity contribution < 1.29 is 9.90 Å². The van der Waals surface area contributed by atoms with Gasteiger partial charge in [0.15, 0.2) is 0 Å². The van der Waals surface area contributed by atoms with Crippen molar-refractivity contribution in [3.05, 3.63) is 17.5 Å². The molecule has 2 atom stereocenters. The van der Waals surface area contributed by atoms with E-state index in [1.807, 2.05) is 19.9 Å². The highest BCUT2D eigenvalue weighted by Crippen LogP contribution is 2.26. The second-order valence-electron chi connectivity index (χ2n) is 4.95. The van der Waals surface area contributed by atoms with Gasteiger partial charge in [-0.25, -0.2) is 9.97 Å². The number of carboxylic acids is 1. The van der Waals surface area contributed by atoms with Crippen LogP contribution in [0.1, 0.15) is 37.1 Å². The second-order valence-corrected chi connectivity index (χ2v) is 4.95. The lowest BCUT2D eigenvalue weighted by Crippen LogP contribution is -2.37. The molecule has 1 aliphatic carbocycles. The molecule has 0 radical (unpaired) electrons. The van der Waals surface area contributed by atoms with E-state index in [0.29, 0.717) is 5.95 Å². The minimum atomic E-state index is -0.725. The fourth-order valence-electron chi connectivity index (χ4n) is 2.56. The number of hydrogen-bond donors (Lipinski definition) is 2. The second kappa shape index (κ2) is 5.33. The van der Waals surface area contributed by atoms with Crippen LogP contribution in [0.2, 0.25) is 0 Å². The van der Waals surface area contributed by atoms with E-state index in [-0.39, 0.29) is 12.0 Å². The van der Waals surface area contributed by atoms with Gasteiger partial charge < -0.3 is 10.4 Å². The third-order valence-corrected chi connectivity index (χ3v) is 3.38. The summed E-state index contributed by atoms with van der Waals surface area (Å²) in [6, 6.07) is 1.85. The zero-order chi connectivity index (χ0) is 13.1. The Morgan fingerprint density at radius 3 is 2.50 bits per heavy atom. The predicted octanol–water partition coefficient (Wildman–Crippen LogP) is 2.15. The highest BCUT2D eigenvalue weighted by molar-refractivity contribution is 5.71. The molecule has 1 aromatic rings. The van der Waals surface area contributed by atoms with Crippen molar-refractivity contribution in [3.63, 3.8) is 0 Å². The normalized spacial score (nSPS) is 23.7. The lowest BCUT2D eigenvalue weighted by molar-refractivity contribution is -0.143. The van der Waals surface area contributed by atoms with Crippen LogP contribution in [-0.2, 0) is 4.79 Å². The Morgan fingerprint density at radius 1 is 1.28 bits per heavy atom. The van der Waals surface area contributed by atoms with Gasteiger partial charge >= 0.3 is 5.97 Å². The molecule has 1 fully saturated rings. The molecule has 0 spiro atoms. The zero-order valence-corrected chi connectivity index (χ0v) is 10.8. The number of carboxylic acid groups (broad SMARTS) is 1. The van der Waals surface area contributed by atoms with Crippen LogP contribution in [0, 0.1) is 19.8 Å².